The van der Waals surface area contributed by atoms with Gasteiger partial charge in [-0.1, -0.05) is 0 Å². The molecule has 1 heterocycles. The second kappa shape index (κ2) is 5.04. The van der Waals surface area contributed by atoms with Crippen LogP contribution in [-0.4, -0.2) is 16.7 Å². The van der Waals surface area contributed by atoms with Gasteiger partial charge in [0, 0.05) is 9.77 Å². The molecule has 1 aromatic rings. The number of halogens is 1. The number of carbonyl (C=O) groups is 2. The highest BCUT2D eigenvalue weighted by Gasteiger charge is 2.05. The maximum atomic E-state index is 11.1. The van der Waals surface area contributed by atoms with E-state index < -0.39 is 0 Å². The number of hydrogen-bond acceptors (Lipinski definition) is 3. The largest absolute Gasteiger partial charge is 0.310 e. The van der Waals surface area contributed by atoms with Gasteiger partial charge in [0.05, 0.1) is 6.42 Å². The van der Waals surface area contributed by atoms with E-state index in [0.29, 0.717) is 5.82 Å². The second-order valence-electron chi connectivity index (χ2n) is 2.79. The molecule has 0 saturated carbocycles. The molecule has 0 radical (unpaired) electrons. The van der Waals surface area contributed by atoms with E-state index >= 15 is 0 Å². The Balaban J connectivity index is 2.56. The van der Waals surface area contributed by atoms with Gasteiger partial charge in [-0.2, -0.15) is 0 Å². The molecule has 0 fully saturated rings. The third-order valence-electron chi connectivity index (χ3n) is 1.40. The average Bonchev–Trinajstić information content (AvgIpc) is 2.07. The third kappa shape index (κ3) is 3.82. The molecular weight excluding hydrogens is 295 g/mol. The molecule has 0 aliphatic carbocycles. The molecule has 0 saturated heterocycles. The summed E-state index contributed by atoms with van der Waals surface area (Å²) < 4.78 is 0.993. The Kier molecular flexibility index (Phi) is 3.99. The topological polar surface area (TPSA) is 59.1 Å². The zero-order valence-corrected chi connectivity index (χ0v) is 9.74. The van der Waals surface area contributed by atoms with Gasteiger partial charge >= 0.3 is 0 Å². The van der Waals surface area contributed by atoms with Gasteiger partial charge in [0.15, 0.2) is 0 Å². The summed E-state index contributed by atoms with van der Waals surface area (Å²) in [5.41, 5.74) is 0. The minimum Gasteiger partial charge on any atom is -0.310 e. The summed E-state index contributed by atoms with van der Waals surface area (Å²) in [7, 11) is 0. The van der Waals surface area contributed by atoms with Crippen LogP contribution in [0, 0.1) is 3.57 Å². The Morgan fingerprint density at radius 1 is 1.50 bits per heavy atom. The van der Waals surface area contributed by atoms with Crippen LogP contribution in [0.2, 0.25) is 0 Å². The quantitative estimate of drug-likeness (QED) is 0.681. The number of hydrogen-bond donors (Lipinski definition) is 1. The maximum Gasteiger partial charge on any atom is 0.232 e. The summed E-state index contributed by atoms with van der Waals surface area (Å²) in [5.74, 6) is -0.0177. The number of ketones is 1. The average molecular weight is 304 g/mol. The fourth-order valence-electron chi connectivity index (χ4n) is 0.863. The lowest BCUT2D eigenvalue weighted by molar-refractivity contribution is -0.124. The highest BCUT2D eigenvalue weighted by Crippen LogP contribution is 2.07. The normalized spacial score (nSPS) is 9.57. The molecule has 0 aromatic carbocycles. The van der Waals surface area contributed by atoms with Crippen molar-refractivity contribution in [3.05, 3.63) is 21.9 Å². The molecule has 0 aliphatic heterocycles. The lowest BCUT2D eigenvalue weighted by Crippen LogP contribution is -2.15. The molecule has 0 atom stereocenters. The van der Waals surface area contributed by atoms with Crippen molar-refractivity contribution in [2.75, 3.05) is 5.32 Å². The van der Waals surface area contributed by atoms with Gasteiger partial charge in [-0.05, 0) is 41.6 Å². The predicted octanol–water partition coefficient (Wildman–Crippen LogP) is 1.60. The predicted molar refractivity (Wildman–Crippen MR) is 60.9 cm³/mol. The smallest absolute Gasteiger partial charge is 0.232 e. The molecule has 0 aliphatic rings. The Labute approximate surface area is 95.2 Å². The first kappa shape index (κ1) is 11.1. The fraction of sp³-hybridized carbons (Fsp3) is 0.222. The molecule has 0 spiro atoms. The summed E-state index contributed by atoms with van der Waals surface area (Å²) in [6, 6.07) is 3.52. The number of aromatic nitrogens is 1. The molecular formula is C9H9IN2O2. The van der Waals surface area contributed by atoms with Crippen LogP contribution < -0.4 is 5.32 Å². The second-order valence-corrected chi connectivity index (χ2v) is 4.03. The Morgan fingerprint density at radius 2 is 2.21 bits per heavy atom. The minimum absolute atomic E-state index is 0.104. The molecule has 5 heteroatoms. The summed E-state index contributed by atoms with van der Waals surface area (Å²) in [4.78, 5) is 25.7. The van der Waals surface area contributed by atoms with E-state index in [4.69, 9.17) is 0 Å². The Bertz CT molecular complexity index is 348. The zero-order chi connectivity index (χ0) is 10.6. The van der Waals surface area contributed by atoms with E-state index in [1.165, 1.54) is 6.92 Å². The van der Waals surface area contributed by atoms with Crippen molar-refractivity contribution in [1.29, 1.82) is 0 Å². The van der Waals surface area contributed by atoms with Crippen molar-refractivity contribution in [3.63, 3.8) is 0 Å². The third-order valence-corrected chi connectivity index (χ3v) is 2.04. The van der Waals surface area contributed by atoms with Crippen molar-refractivity contribution >= 4 is 40.1 Å². The number of Topliss-reactive ketones (excluding diaryl/α,β-unsaturated/α-hetero) is 1. The van der Waals surface area contributed by atoms with Gasteiger partial charge in [-0.15, -0.1) is 0 Å². The fourth-order valence-corrected chi connectivity index (χ4v) is 1.18. The van der Waals surface area contributed by atoms with E-state index in [-0.39, 0.29) is 18.1 Å². The number of nitrogens with one attached hydrogen (secondary N) is 1. The van der Waals surface area contributed by atoms with E-state index in [1.54, 1.807) is 12.3 Å². The summed E-state index contributed by atoms with van der Waals surface area (Å²) in [5, 5.41) is 2.53. The van der Waals surface area contributed by atoms with E-state index in [0.717, 1.165) is 3.57 Å². The monoisotopic (exact) mass is 304 g/mol. The number of amides is 1. The van der Waals surface area contributed by atoms with Crippen LogP contribution in [0.25, 0.3) is 0 Å². The molecule has 4 nitrogen and oxygen atoms in total. The molecule has 74 valence electrons. The highest BCUT2D eigenvalue weighted by atomic mass is 127. The lowest BCUT2D eigenvalue weighted by atomic mass is 10.3. The number of anilines is 1. The van der Waals surface area contributed by atoms with Crippen LogP contribution in [0.3, 0.4) is 0 Å². The highest BCUT2D eigenvalue weighted by molar-refractivity contribution is 14.1. The van der Waals surface area contributed by atoms with Gasteiger partial charge in [0.25, 0.3) is 0 Å². The van der Waals surface area contributed by atoms with Gasteiger partial charge in [-0.3, -0.25) is 9.59 Å². The molecule has 0 bridgehead atoms. The summed E-state index contributed by atoms with van der Waals surface area (Å²) in [6.07, 6.45) is 1.54. The molecule has 1 N–H and O–H groups in total. The van der Waals surface area contributed by atoms with Gasteiger partial charge < -0.3 is 5.32 Å². The molecule has 1 amide bonds. The van der Waals surface area contributed by atoms with Gasteiger partial charge in [0.1, 0.15) is 11.6 Å². The van der Waals surface area contributed by atoms with Crippen molar-refractivity contribution in [3.8, 4) is 0 Å². The first-order valence-electron chi connectivity index (χ1n) is 3.99. The first-order valence-corrected chi connectivity index (χ1v) is 5.06. The minimum atomic E-state index is -0.328. The number of pyridine rings is 1. The maximum absolute atomic E-state index is 11.1. The molecule has 1 rings (SSSR count). The molecule has 1 aromatic heterocycles. The molecule has 14 heavy (non-hydrogen) atoms. The van der Waals surface area contributed by atoms with Crippen molar-refractivity contribution in [1.82, 2.24) is 4.98 Å². The Hall–Kier alpha value is -0.980. The van der Waals surface area contributed by atoms with Crippen LogP contribution in [0.1, 0.15) is 13.3 Å². The number of nitrogens with zero attached hydrogens (tertiary/aromatic N) is 1. The van der Waals surface area contributed by atoms with Crippen LogP contribution in [0.5, 0.6) is 0 Å². The van der Waals surface area contributed by atoms with Crippen LogP contribution in [0.15, 0.2) is 18.3 Å². The van der Waals surface area contributed by atoms with E-state index in [2.05, 4.69) is 32.9 Å². The van der Waals surface area contributed by atoms with Crippen LogP contribution >= 0.6 is 22.6 Å². The van der Waals surface area contributed by atoms with E-state index in [9.17, 15) is 9.59 Å². The summed E-state index contributed by atoms with van der Waals surface area (Å²) in [6.45, 7) is 1.38. The lowest BCUT2D eigenvalue weighted by Gasteiger charge is -2.01. The van der Waals surface area contributed by atoms with Crippen molar-refractivity contribution in [2.24, 2.45) is 0 Å². The standard InChI is InChI=1S/C9H9IN2O2/c1-6(13)4-9(14)12-8-3-2-7(10)5-11-8/h2-3,5H,4H2,1H3,(H,11,12,14). The SMILES string of the molecule is CC(=O)CC(=O)Nc1ccc(I)cn1. The summed E-state index contributed by atoms with van der Waals surface area (Å²) >= 11 is 2.12. The number of rotatable bonds is 3. The van der Waals surface area contributed by atoms with Crippen LogP contribution in [0.4, 0.5) is 5.82 Å². The van der Waals surface area contributed by atoms with Gasteiger partial charge in [-0.25, -0.2) is 4.98 Å². The first-order chi connectivity index (χ1) is 6.58. The van der Waals surface area contributed by atoms with Crippen molar-refractivity contribution < 1.29 is 9.59 Å². The molecule has 0 unspecified atom stereocenters. The van der Waals surface area contributed by atoms with Crippen molar-refractivity contribution in [2.45, 2.75) is 13.3 Å². The van der Waals surface area contributed by atoms with Crippen LogP contribution in [-0.2, 0) is 9.59 Å². The van der Waals surface area contributed by atoms with Gasteiger partial charge in [0.2, 0.25) is 5.91 Å². The Morgan fingerprint density at radius 3 is 2.71 bits per heavy atom. The zero-order valence-electron chi connectivity index (χ0n) is 7.58. The van der Waals surface area contributed by atoms with E-state index in [1.807, 2.05) is 6.07 Å². The number of carbonyl (C=O) groups excluding carboxylic acids is 2.